The first-order valence-corrected chi connectivity index (χ1v) is 7.02. The number of anilines is 1. The Morgan fingerprint density at radius 2 is 1.74 bits per heavy atom. The van der Waals surface area contributed by atoms with Crippen molar-refractivity contribution in [1.82, 2.24) is 4.98 Å². The lowest BCUT2D eigenvalue weighted by Crippen LogP contribution is -2.47. The summed E-state index contributed by atoms with van der Waals surface area (Å²) in [5.74, 6) is 0. The van der Waals surface area contributed by atoms with Crippen LogP contribution in [0.25, 0.3) is 0 Å². The molecule has 0 bridgehead atoms. The molecule has 1 aromatic rings. The maximum atomic E-state index is 11.0. The average Bonchev–Trinajstić information content (AvgIpc) is 2.15. The molecule has 3 nitrogen and oxygen atoms in total. The highest BCUT2D eigenvalue weighted by Crippen LogP contribution is 2.51. The molecule has 0 radical (unpaired) electrons. The summed E-state index contributed by atoms with van der Waals surface area (Å²) < 4.78 is 0. The molecule has 1 heterocycles. The van der Waals surface area contributed by atoms with Gasteiger partial charge in [0.25, 0.3) is 0 Å². The first-order valence-electron chi connectivity index (χ1n) is 7.02. The lowest BCUT2D eigenvalue weighted by Gasteiger charge is -2.49. The average molecular weight is 262 g/mol. The molecular formula is C16H26N2O. The summed E-state index contributed by atoms with van der Waals surface area (Å²) in [7, 11) is 0. The van der Waals surface area contributed by atoms with E-state index in [9.17, 15) is 5.11 Å². The Bertz CT molecular complexity index is 450. The van der Waals surface area contributed by atoms with Gasteiger partial charge in [0.15, 0.2) is 0 Å². The van der Waals surface area contributed by atoms with E-state index in [4.69, 9.17) is 5.73 Å². The third-order valence-corrected chi connectivity index (χ3v) is 4.03. The van der Waals surface area contributed by atoms with E-state index in [1.807, 2.05) is 0 Å². The summed E-state index contributed by atoms with van der Waals surface area (Å²) in [5.41, 5.74) is 7.31. The second-order valence-corrected chi connectivity index (χ2v) is 7.83. The van der Waals surface area contributed by atoms with Gasteiger partial charge in [0.2, 0.25) is 0 Å². The Morgan fingerprint density at radius 3 is 2.26 bits per heavy atom. The zero-order valence-corrected chi connectivity index (χ0v) is 12.5. The summed E-state index contributed by atoms with van der Waals surface area (Å²) in [4.78, 5) is 4.12. The minimum absolute atomic E-state index is 0.160. The van der Waals surface area contributed by atoms with Gasteiger partial charge in [0.05, 0.1) is 5.60 Å². The minimum Gasteiger partial charge on any atom is -0.398 e. The number of hydrogen-bond acceptors (Lipinski definition) is 3. The molecule has 3 heteroatoms. The summed E-state index contributed by atoms with van der Waals surface area (Å²) in [6.45, 7) is 8.97. The number of aromatic nitrogens is 1. The summed E-state index contributed by atoms with van der Waals surface area (Å²) >= 11 is 0. The van der Waals surface area contributed by atoms with Gasteiger partial charge in [-0.1, -0.05) is 27.7 Å². The van der Waals surface area contributed by atoms with E-state index in [1.165, 1.54) is 0 Å². The number of aliphatic hydroxyl groups is 1. The van der Waals surface area contributed by atoms with E-state index >= 15 is 0 Å². The first-order chi connectivity index (χ1) is 8.61. The van der Waals surface area contributed by atoms with Gasteiger partial charge in [-0.25, -0.2) is 0 Å². The number of rotatable bonds is 2. The van der Waals surface area contributed by atoms with Crippen molar-refractivity contribution in [3.63, 3.8) is 0 Å². The summed E-state index contributed by atoms with van der Waals surface area (Å²) in [5, 5.41) is 11.0. The van der Waals surface area contributed by atoms with Gasteiger partial charge in [0.1, 0.15) is 0 Å². The maximum Gasteiger partial charge on any atom is 0.0699 e. The summed E-state index contributed by atoms with van der Waals surface area (Å²) in [6, 6.07) is 1.80. The van der Waals surface area contributed by atoms with E-state index in [0.717, 1.165) is 30.5 Å². The first kappa shape index (κ1) is 14.3. The minimum atomic E-state index is -0.678. The van der Waals surface area contributed by atoms with E-state index in [2.05, 4.69) is 32.7 Å². The fourth-order valence-electron chi connectivity index (χ4n) is 4.33. The Balaban J connectivity index is 2.25. The van der Waals surface area contributed by atoms with Crippen LogP contribution in [0.3, 0.4) is 0 Å². The van der Waals surface area contributed by atoms with Crippen molar-refractivity contribution in [1.29, 1.82) is 0 Å². The molecule has 0 spiro atoms. The zero-order chi connectivity index (χ0) is 14.3. The lowest BCUT2D eigenvalue weighted by molar-refractivity contribution is -0.0850. The van der Waals surface area contributed by atoms with Crippen molar-refractivity contribution in [3.8, 4) is 0 Å². The van der Waals surface area contributed by atoms with E-state index in [1.54, 1.807) is 18.5 Å². The van der Waals surface area contributed by atoms with Gasteiger partial charge in [-0.3, -0.25) is 4.98 Å². The molecule has 1 aliphatic rings. The Kier molecular flexibility index (Phi) is 3.38. The van der Waals surface area contributed by atoms with Crippen molar-refractivity contribution < 1.29 is 5.11 Å². The van der Waals surface area contributed by atoms with Gasteiger partial charge in [0, 0.05) is 24.5 Å². The Labute approximate surface area is 116 Å². The molecule has 0 aromatic carbocycles. The topological polar surface area (TPSA) is 59.1 Å². The highest BCUT2D eigenvalue weighted by Gasteiger charge is 2.46. The molecule has 2 rings (SSSR count). The van der Waals surface area contributed by atoms with Crippen molar-refractivity contribution in [2.45, 2.75) is 59.0 Å². The molecule has 106 valence electrons. The van der Waals surface area contributed by atoms with Crippen LogP contribution in [0.1, 0.15) is 52.5 Å². The molecule has 19 heavy (non-hydrogen) atoms. The predicted molar refractivity (Wildman–Crippen MR) is 78.7 cm³/mol. The van der Waals surface area contributed by atoms with Crippen LogP contribution in [0.4, 0.5) is 5.69 Å². The zero-order valence-electron chi connectivity index (χ0n) is 12.5. The highest BCUT2D eigenvalue weighted by atomic mass is 16.3. The number of hydrogen-bond donors (Lipinski definition) is 2. The van der Waals surface area contributed by atoms with Crippen LogP contribution >= 0.6 is 0 Å². The molecular weight excluding hydrogens is 236 g/mol. The molecule has 0 saturated heterocycles. The van der Waals surface area contributed by atoms with Crippen LogP contribution in [-0.2, 0) is 6.42 Å². The van der Waals surface area contributed by atoms with E-state index < -0.39 is 5.60 Å². The maximum absolute atomic E-state index is 11.0. The van der Waals surface area contributed by atoms with Gasteiger partial charge in [-0.05, 0) is 41.7 Å². The van der Waals surface area contributed by atoms with Gasteiger partial charge < -0.3 is 10.8 Å². The Hall–Kier alpha value is -1.09. The fourth-order valence-corrected chi connectivity index (χ4v) is 4.33. The molecule has 0 atom stereocenters. The molecule has 0 amide bonds. The molecule has 1 aliphatic carbocycles. The van der Waals surface area contributed by atoms with Crippen LogP contribution in [0.5, 0.6) is 0 Å². The number of nitrogen functional groups attached to an aromatic ring is 1. The molecule has 0 aliphatic heterocycles. The van der Waals surface area contributed by atoms with Crippen LogP contribution in [0.15, 0.2) is 18.5 Å². The number of nitrogens with two attached hydrogens (primary N) is 1. The molecule has 1 aromatic heterocycles. The van der Waals surface area contributed by atoms with Crippen LogP contribution in [0, 0.1) is 10.8 Å². The standard InChI is InChI=1S/C16H26N2O/c1-14(2)9-15(3,4)11-16(19,10-14)7-12-8-18-6-5-13(12)17/h5-6,8,19H,7,9-11H2,1-4H3,(H2,17,18). The van der Waals surface area contributed by atoms with Crippen molar-refractivity contribution >= 4 is 5.69 Å². The van der Waals surface area contributed by atoms with Gasteiger partial charge in [-0.2, -0.15) is 0 Å². The fraction of sp³-hybridized carbons (Fsp3) is 0.688. The third-order valence-electron chi connectivity index (χ3n) is 4.03. The molecule has 1 fully saturated rings. The number of pyridine rings is 1. The van der Waals surface area contributed by atoms with E-state index in [0.29, 0.717) is 6.42 Å². The highest BCUT2D eigenvalue weighted by molar-refractivity contribution is 5.45. The van der Waals surface area contributed by atoms with Crippen molar-refractivity contribution in [2.24, 2.45) is 10.8 Å². The smallest absolute Gasteiger partial charge is 0.0699 e. The second kappa shape index (κ2) is 4.48. The van der Waals surface area contributed by atoms with Crippen LogP contribution < -0.4 is 5.73 Å². The largest absolute Gasteiger partial charge is 0.398 e. The second-order valence-electron chi connectivity index (χ2n) is 7.83. The van der Waals surface area contributed by atoms with E-state index in [-0.39, 0.29) is 10.8 Å². The summed E-state index contributed by atoms with van der Waals surface area (Å²) in [6.07, 6.45) is 6.85. The van der Waals surface area contributed by atoms with Crippen LogP contribution in [-0.4, -0.2) is 15.7 Å². The van der Waals surface area contributed by atoms with Gasteiger partial charge >= 0.3 is 0 Å². The third kappa shape index (κ3) is 3.47. The van der Waals surface area contributed by atoms with Crippen LogP contribution in [0.2, 0.25) is 0 Å². The monoisotopic (exact) mass is 262 g/mol. The SMILES string of the molecule is CC1(C)CC(C)(C)CC(O)(Cc2cnccc2N)C1. The number of nitrogens with zero attached hydrogens (tertiary/aromatic N) is 1. The molecule has 3 N–H and O–H groups in total. The van der Waals surface area contributed by atoms with Crippen molar-refractivity contribution in [3.05, 3.63) is 24.0 Å². The normalized spacial score (nSPS) is 24.1. The quantitative estimate of drug-likeness (QED) is 0.860. The molecule has 0 unspecified atom stereocenters. The predicted octanol–water partition coefficient (Wildman–Crippen LogP) is 3.17. The lowest BCUT2D eigenvalue weighted by atomic mass is 9.58. The van der Waals surface area contributed by atoms with Crippen molar-refractivity contribution in [2.75, 3.05) is 5.73 Å². The molecule has 1 saturated carbocycles. The van der Waals surface area contributed by atoms with Gasteiger partial charge in [-0.15, -0.1) is 0 Å². The Morgan fingerprint density at radius 1 is 1.16 bits per heavy atom.